The maximum atomic E-state index is 4.86. The third-order valence-corrected chi connectivity index (χ3v) is 5.83. The standard InChI is InChI=1S/C25H33N3/c1-16-10-18(3)24(19(4)11-16)26-14-22-8-9-23(28(22)7)15-27-25-20(5)12-17(2)13-21(25)6/h10-15,22-23H,8-9H2,1-7H3. The van der Waals surface area contributed by atoms with Gasteiger partial charge < -0.3 is 0 Å². The highest BCUT2D eigenvalue weighted by Gasteiger charge is 2.28. The highest BCUT2D eigenvalue weighted by Crippen LogP contribution is 2.28. The Bertz CT molecular complexity index is 802. The third kappa shape index (κ3) is 4.41. The van der Waals surface area contributed by atoms with Gasteiger partial charge in [-0.2, -0.15) is 0 Å². The second-order valence-corrected chi connectivity index (χ2v) is 8.43. The molecule has 0 spiro atoms. The summed E-state index contributed by atoms with van der Waals surface area (Å²) in [7, 11) is 2.18. The first-order valence-corrected chi connectivity index (χ1v) is 10.2. The first kappa shape index (κ1) is 20.5. The van der Waals surface area contributed by atoms with E-state index in [0.717, 1.165) is 24.2 Å². The Morgan fingerprint density at radius 3 is 1.32 bits per heavy atom. The van der Waals surface area contributed by atoms with Crippen molar-refractivity contribution in [2.75, 3.05) is 7.05 Å². The zero-order chi connectivity index (χ0) is 20.4. The van der Waals surface area contributed by atoms with Gasteiger partial charge in [0.1, 0.15) is 0 Å². The van der Waals surface area contributed by atoms with Crippen molar-refractivity contribution in [3.63, 3.8) is 0 Å². The van der Waals surface area contributed by atoms with Crippen LogP contribution in [0, 0.1) is 41.5 Å². The summed E-state index contributed by atoms with van der Waals surface area (Å²) in [4.78, 5) is 12.1. The van der Waals surface area contributed by atoms with E-state index in [-0.39, 0.29) is 0 Å². The SMILES string of the molecule is Cc1cc(C)c(N=CC2CCC(C=Nc3c(C)cc(C)cc3C)N2C)c(C)c1. The lowest BCUT2D eigenvalue weighted by Crippen LogP contribution is -2.34. The van der Waals surface area contributed by atoms with E-state index in [1.54, 1.807) is 0 Å². The maximum absolute atomic E-state index is 4.86. The third-order valence-electron chi connectivity index (χ3n) is 5.83. The fourth-order valence-electron chi connectivity index (χ4n) is 4.43. The average Bonchev–Trinajstić information content (AvgIpc) is 2.93. The van der Waals surface area contributed by atoms with Crippen LogP contribution in [0.2, 0.25) is 0 Å². The van der Waals surface area contributed by atoms with Crippen molar-refractivity contribution >= 4 is 23.8 Å². The molecule has 0 saturated carbocycles. The molecule has 1 fully saturated rings. The number of hydrogen-bond acceptors (Lipinski definition) is 3. The van der Waals surface area contributed by atoms with Crippen LogP contribution in [-0.2, 0) is 0 Å². The van der Waals surface area contributed by atoms with Gasteiger partial charge in [-0.25, -0.2) is 0 Å². The van der Waals surface area contributed by atoms with Crippen molar-refractivity contribution in [3.8, 4) is 0 Å². The molecular formula is C25H33N3. The van der Waals surface area contributed by atoms with Crippen LogP contribution in [0.3, 0.4) is 0 Å². The van der Waals surface area contributed by atoms with E-state index in [4.69, 9.17) is 9.98 Å². The molecule has 0 aliphatic carbocycles. The van der Waals surface area contributed by atoms with Crippen molar-refractivity contribution in [1.82, 2.24) is 4.90 Å². The van der Waals surface area contributed by atoms with Crippen molar-refractivity contribution in [3.05, 3.63) is 57.6 Å². The van der Waals surface area contributed by atoms with Crippen molar-refractivity contribution in [1.29, 1.82) is 0 Å². The monoisotopic (exact) mass is 375 g/mol. The van der Waals surface area contributed by atoms with Gasteiger partial charge >= 0.3 is 0 Å². The number of aliphatic imine (C=N–C) groups is 2. The van der Waals surface area contributed by atoms with Crippen LogP contribution in [0.1, 0.15) is 46.2 Å². The van der Waals surface area contributed by atoms with E-state index >= 15 is 0 Å². The summed E-state index contributed by atoms with van der Waals surface area (Å²) in [5.74, 6) is 0. The number of benzene rings is 2. The fourth-order valence-corrected chi connectivity index (χ4v) is 4.43. The van der Waals surface area contributed by atoms with Gasteiger partial charge in [0.05, 0.1) is 11.4 Å². The van der Waals surface area contributed by atoms with E-state index in [1.807, 2.05) is 0 Å². The molecule has 0 aromatic heterocycles. The maximum Gasteiger partial charge on any atom is 0.0684 e. The summed E-state index contributed by atoms with van der Waals surface area (Å²) in [5.41, 5.74) is 9.81. The molecule has 3 rings (SSSR count). The minimum Gasteiger partial charge on any atom is -0.290 e. The van der Waals surface area contributed by atoms with Crippen LogP contribution in [-0.4, -0.2) is 36.5 Å². The van der Waals surface area contributed by atoms with Gasteiger partial charge in [-0.3, -0.25) is 14.9 Å². The van der Waals surface area contributed by atoms with Gasteiger partial charge in [0.2, 0.25) is 0 Å². The van der Waals surface area contributed by atoms with Gasteiger partial charge in [0, 0.05) is 24.5 Å². The highest BCUT2D eigenvalue weighted by atomic mass is 15.2. The second-order valence-electron chi connectivity index (χ2n) is 8.43. The minimum atomic E-state index is 0.358. The molecule has 2 aromatic carbocycles. The summed E-state index contributed by atoms with van der Waals surface area (Å²) < 4.78 is 0. The molecule has 1 saturated heterocycles. The van der Waals surface area contributed by atoms with Crippen molar-refractivity contribution in [2.45, 2.75) is 66.5 Å². The summed E-state index contributed by atoms with van der Waals surface area (Å²) in [6, 6.07) is 9.55. The molecule has 0 radical (unpaired) electrons. The first-order valence-electron chi connectivity index (χ1n) is 10.2. The normalized spacial score (nSPS) is 20.7. The van der Waals surface area contributed by atoms with E-state index in [9.17, 15) is 0 Å². The molecule has 0 bridgehead atoms. The van der Waals surface area contributed by atoms with Gasteiger partial charge in [-0.15, -0.1) is 0 Å². The van der Waals surface area contributed by atoms with Crippen molar-refractivity contribution in [2.24, 2.45) is 9.98 Å². The number of nitrogens with zero attached hydrogens (tertiary/aromatic N) is 3. The van der Waals surface area contributed by atoms with Crippen LogP contribution >= 0.6 is 0 Å². The summed E-state index contributed by atoms with van der Waals surface area (Å²) in [6.45, 7) is 12.9. The predicted molar refractivity (Wildman–Crippen MR) is 122 cm³/mol. The van der Waals surface area contributed by atoms with Gasteiger partial charge in [0.15, 0.2) is 0 Å². The first-order chi connectivity index (χ1) is 13.3. The van der Waals surface area contributed by atoms with Crippen LogP contribution in [0.5, 0.6) is 0 Å². The molecule has 1 aliphatic heterocycles. The van der Waals surface area contributed by atoms with Gasteiger partial charge in [0.25, 0.3) is 0 Å². The Hall–Kier alpha value is -2.26. The molecule has 2 atom stereocenters. The molecule has 2 aromatic rings. The summed E-state index contributed by atoms with van der Waals surface area (Å²) in [5, 5.41) is 0. The van der Waals surface area contributed by atoms with E-state index in [2.05, 4.69) is 90.2 Å². The average molecular weight is 376 g/mol. The molecular weight excluding hydrogens is 342 g/mol. The smallest absolute Gasteiger partial charge is 0.0684 e. The molecule has 2 unspecified atom stereocenters. The summed E-state index contributed by atoms with van der Waals surface area (Å²) in [6.07, 6.45) is 6.49. The largest absolute Gasteiger partial charge is 0.290 e. The number of likely N-dealkylation sites (tertiary alicyclic amines) is 1. The Balaban J connectivity index is 1.73. The molecule has 0 amide bonds. The molecule has 148 valence electrons. The zero-order valence-corrected chi connectivity index (χ0v) is 18.4. The minimum absolute atomic E-state index is 0.358. The Morgan fingerprint density at radius 1 is 0.679 bits per heavy atom. The fraction of sp³-hybridized carbons (Fsp3) is 0.440. The van der Waals surface area contributed by atoms with E-state index in [1.165, 1.54) is 33.4 Å². The molecule has 0 N–H and O–H groups in total. The molecule has 3 nitrogen and oxygen atoms in total. The number of hydrogen-bond donors (Lipinski definition) is 0. The van der Waals surface area contributed by atoms with Crippen LogP contribution in [0.15, 0.2) is 34.3 Å². The molecule has 1 heterocycles. The zero-order valence-electron chi connectivity index (χ0n) is 18.4. The lowest BCUT2D eigenvalue weighted by atomic mass is 10.1. The van der Waals surface area contributed by atoms with Crippen LogP contribution in [0.4, 0.5) is 11.4 Å². The lowest BCUT2D eigenvalue weighted by Gasteiger charge is -2.20. The van der Waals surface area contributed by atoms with E-state index < -0.39 is 0 Å². The number of aryl methyl sites for hydroxylation is 6. The highest BCUT2D eigenvalue weighted by molar-refractivity contribution is 5.76. The van der Waals surface area contributed by atoms with Gasteiger partial charge in [-0.05, 0) is 83.7 Å². The Kier molecular flexibility index (Phi) is 6.14. The number of rotatable bonds is 4. The van der Waals surface area contributed by atoms with Crippen molar-refractivity contribution < 1.29 is 0 Å². The van der Waals surface area contributed by atoms with E-state index in [0.29, 0.717) is 12.1 Å². The Morgan fingerprint density at radius 2 is 1.00 bits per heavy atom. The topological polar surface area (TPSA) is 28.0 Å². The Labute approximate surface area is 170 Å². The molecule has 1 aliphatic rings. The lowest BCUT2D eigenvalue weighted by molar-refractivity contribution is 0.342. The predicted octanol–water partition coefficient (Wildman–Crippen LogP) is 6.10. The summed E-state index contributed by atoms with van der Waals surface area (Å²) >= 11 is 0. The van der Waals surface area contributed by atoms with Crippen LogP contribution in [0.25, 0.3) is 0 Å². The van der Waals surface area contributed by atoms with Gasteiger partial charge in [-0.1, -0.05) is 35.4 Å². The second kappa shape index (κ2) is 8.40. The van der Waals surface area contributed by atoms with Crippen LogP contribution < -0.4 is 0 Å². The molecule has 3 heteroatoms. The molecule has 28 heavy (non-hydrogen) atoms. The quantitative estimate of drug-likeness (QED) is 0.593.